The molecule has 21 heavy (non-hydrogen) atoms. The minimum Gasteiger partial charge on any atom is -0.300 e. The molecule has 2 heterocycles. The van der Waals surface area contributed by atoms with Crippen LogP contribution in [0.15, 0.2) is 36.0 Å². The summed E-state index contributed by atoms with van der Waals surface area (Å²) < 4.78 is 0. The molecule has 7 nitrogen and oxygen atoms in total. The molecule has 0 aromatic heterocycles. The zero-order valence-electron chi connectivity index (χ0n) is 11.0. The summed E-state index contributed by atoms with van der Waals surface area (Å²) in [5.74, 6) is -2.12. The number of hydrogen-bond donors (Lipinski definition) is 2. The van der Waals surface area contributed by atoms with Crippen molar-refractivity contribution in [3.05, 3.63) is 36.0 Å². The van der Waals surface area contributed by atoms with Crippen LogP contribution in [0, 0.1) is 0 Å². The summed E-state index contributed by atoms with van der Waals surface area (Å²) in [6, 6.07) is -2.13. The van der Waals surface area contributed by atoms with Gasteiger partial charge in [-0.3, -0.25) is 29.9 Å². The highest BCUT2D eigenvalue weighted by Crippen LogP contribution is 2.27. The monoisotopic (exact) mass is 305 g/mol. The summed E-state index contributed by atoms with van der Waals surface area (Å²) >= 11 is 4.90. The number of carbonyl (C=O) groups is 4. The Morgan fingerprint density at radius 1 is 1.14 bits per heavy atom. The van der Waals surface area contributed by atoms with Crippen molar-refractivity contribution in [1.82, 2.24) is 15.5 Å². The first-order valence-electron chi connectivity index (χ1n) is 5.95. The van der Waals surface area contributed by atoms with Crippen molar-refractivity contribution < 1.29 is 19.2 Å². The zero-order valence-corrected chi connectivity index (χ0v) is 11.8. The van der Waals surface area contributed by atoms with Gasteiger partial charge in [0, 0.05) is 5.57 Å². The number of likely N-dealkylation sites (tertiary alicyclic amines) is 1. The van der Waals surface area contributed by atoms with Gasteiger partial charge in [0.25, 0.3) is 17.7 Å². The molecular weight excluding hydrogens is 294 g/mol. The van der Waals surface area contributed by atoms with Gasteiger partial charge < -0.3 is 0 Å². The Morgan fingerprint density at radius 3 is 2.29 bits per heavy atom. The minimum atomic E-state index is -1.34. The normalized spacial score (nSPS) is 26.4. The number of rotatable bonds is 2. The van der Waals surface area contributed by atoms with Crippen LogP contribution in [0.25, 0.3) is 0 Å². The fraction of sp³-hybridized carbons (Fsp3) is 0.154. The van der Waals surface area contributed by atoms with Gasteiger partial charge in [0.2, 0.25) is 0 Å². The number of allylic oxidation sites excluding steroid dienone is 3. The van der Waals surface area contributed by atoms with Gasteiger partial charge in [-0.2, -0.15) is 0 Å². The van der Waals surface area contributed by atoms with Crippen molar-refractivity contribution >= 4 is 41.0 Å². The van der Waals surface area contributed by atoms with Crippen LogP contribution in [0.1, 0.15) is 6.92 Å². The molecule has 1 unspecified atom stereocenters. The third-order valence-electron chi connectivity index (χ3n) is 2.99. The molecule has 0 aliphatic carbocycles. The first-order valence-corrected chi connectivity index (χ1v) is 6.36. The van der Waals surface area contributed by atoms with Crippen molar-refractivity contribution in [2.45, 2.75) is 13.0 Å². The lowest BCUT2D eigenvalue weighted by Crippen LogP contribution is -2.64. The molecule has 0 radical (unpaired) electrons. The maximum Gasteiger partial charge on any atom is 0.326 e. The molecule has 2 saturated heterocycles. The first kappa shape index (κ1) is 14.8. The molecule has 0 aromatic carbocycles. The molecule has 2 N–H and O–H groups in total. The van der Waals surface area contributed by atoms with Gasteiger partial charge in [0.15, 0.2) is 6.04 Å². The third-order valence-corrected chi connectivity index (χ3v) is 3.32. The molecule has 2 fully saturated rings. The largest absolute Gasteiger partial charge is 0.326 e. The van der Waals surface area contributed by atoms with Crippen molar-refractivity contribution in [2.24, 2.45) is 0 Å². The second kappa shape index (κ2) is 5.41. The molecule has 0 aromatic rings. The summed E-state index contributed by atoms with van der Waals surface area (Å²) in [5.41, 5.74) is 0.289. The topological polar surface area (TPSA) is 95.6 Å². The third kappa shape index (κ3) is 2.29. The van der Waals surface area contributed by atoms with Crippen molar-refractivity contribution in [2.75, 3.05) is 0 Å². The maximum atomic E-state index is 12.3. The lowest BCUT2D eigenvalue weighted by atomic mass is 10.1. The number of urea groups is 1. The van der Waals surface area contributed by atoms with E-state index in [0.29, 0.717) is 0 Å². The van der Waals surface area contributed by atoms with Gasteiger partial charge in [-0.25, -0.2) is 4.79 Å². The van der Waals surface area contributed by atoms with E-state index in [1.165, 1.54) is 18.2 Å². The lowest BCUT2D eigenvalue weighted by molar-refractivity contribution is -0.142. The van der Waals surface area contributed by atoms with E-state index >= 15 is 0 Å². The fourth-order valence-electron chi connectivity index (χ4n) is 2.12. The van der Waals surface area contributed by atoms with E-state index in [1.807, 2.05) is 5.32 Å². The van der Waals surface area contributed by atoms with E-state index in [9.17, 15) is 19.2 Å². The van der Waals surface area contributed by atoms with E-state index < -0.39 is 29.8 Å². The predicted molar refractivity (Wildman–Crippen MR) is 77.0 cm³/mol. The van der Waals surface area contributed by atoms with E-state index in [4.69, 9.17) is 12.2 Å². The maximum absolute atomic E-state index is 12.3. The zero-order chi connectivity index (χ0) is 15.7. The SMILES string of the molecule is C=C/C=C1/C(=O)N(C2C(=O)NC(=O)NC2=S)C(=O)/C1=C/C. The van der Waals surface area contributed by atoms with Gasteiger partial charge >= 0.3 is 6.03 Å². The number of amides is 5. The van der Waals surface area contributed by atoms with Crippen LogP contribution in [-0.2, 0) is 14.4 Å². The molecular formula is C13H11N3O4S. The van der Waals surface area contributed by atoms with Crippen LogP contribution in [-0.4, -0.2) is 39.7 Å². The Labute approximate surface area is 125 Å². The fourth-order valence-corrected chi connectivity index (χ4v) is 2.43. The predicted octanol–water partition coefficient (Wildman–Crippen LogP) is -0.0507. The van der Waals surface area contributed by atoms with Gasteiger partial charge in [0.1, 0.15) is 4.99 Å². The lowest BCUT2D eigenvalue weighted by Gasteiger charge is -2.28. The summed E-state index contributed by atoms with van der Waals surface area (Å²) in [7, 11) is 0. The highest BCUT2D eigenvalue weighted by atomic mass is 32.1. The van der Waals surface area contributed by atoms with Gasteiger partial charge in [-0.05, 0) is 13.0 Å². The highest BCUT2D eigenvalue weighted by Gasteiger charge is 2.48. The Balaban J connectivity index is 2.47. The van der Waals surface area contributed by atoms with Crippen LogP contribution >= 0.6 is 12.2 Å². The van der Waals surface area contributed by atoms with Crippen LogP contribution in [0.3, 0.4) is 0 Å². The highest BCUT2D eigenvalue weighted by molar-refractivity contribution is 7.80. The average molecular weight is 305 g/mol. The van der Waals surface area contributed by atoms with E-state index in [-0.39, 0.29) is 16.1 Å². The van der Waals surface area contributed by atoms with Crippen LogP contribution in [0.5, 0.6) is 0 Å². The van der Waals surface area contributed by atoms with Gasteiger partial charge in [-0.1, -0.05) is 30.9 Å². The second-order valence-electron chi connectivity index (χ2n) is 4.21. The number of carbonyl (C=O) groups excluding carboxylic acids is 4. The average Bonchev–Trinajstić information content (AvgIpc) is 2.62. The van der Waals surface area contributed by atoms with Crippen LogP contribution < -0.4 is 10.6 Å². The summed E-state index contributed by atoms with van der Waals surface area (Å²) in [6.45, 7) is 5.08. The molecule has 5 amide bonds. The summed E-state index contributed by atoms with van der Waals surface area (Å²) in [5, 5.41) is 4.19. The van der Waals surface area contributed by atoms with Crippen LogP contribution in [0.4, 0.5) is 4.79 Å². The Bertz CT molecular complexity index is 642. The summed E-state index contributed by atoms with van der Waals surface area (Å²) in [4.78, 5) is 48.2. The minimum absolute atomic E-state index is 0.130. The number of imide groups is 2. The van der Waals surface area contributed by atoms with Crippen molar-refractivity contribution in [3.8, 4) is 0 Å². The quantitative estimate of drug-likeness (QED) is 0.424. The second-order valence-corrected chi connectivity index (χ2v) is 4.65. The molecule has 8 heteroatoms. The molecule has 0 saturated carbocycles. The van der Waals surface area contributed by atoms with Crippen molar-refractivity contribution in [3.63, 3.8) is 0 Å². The van der Waals surface area contributed by atoms with Crippen LogP contribution in [0.2, 0.25) is 0 Å². The van der Waals surface area contributed by atoms with Gasteiger partial charge in [0.05, 0.1) is 5.57 Å². The Morgan fingerprint density at radius 2 is 1.76 bits per heavy atom. The Hall–Kier alpha value is -2.61. The summed E-state index contributed by atoms with van der Waals surface area (Å²) in [6.07, 6.45) is 4.23. The molecule has 1 atom stereocenters. The molecule has 108 valence electrons. The smallest absolute Gasteiger partial charge is 0.300 e. The number of thiocarbonyl (C=S) groups is 1. The first-order chi connectivity index (χ1) is 9.92. The van der Waals surface area contributed by atoms with E-state index in [1.54, 1.807) is 6.92 Å². The van der Waals surface area contributed by atoms with E-state index in [2.05, 4.69) is 11.9 Å². The molecule has 0 bridgehead atoms. The molecule has 2 aliphatic rings. The molecule has 2 aliphatic heterocycles. The number of nitrogens with one attached hydrogen (secondary N) is 2. The van der Waals surface area contributed by atoms with Gasteiger partial charge in [-0.15, -0.1) is 0 Å². The standard InChI is InChI=1S/C13H11N3O4S/c1-3-5-7-6(4-2)11(18)16(12(7)19)8-9(17)14-13(20)15-10(8)21/h3-5,8H,1H2,2H3,(H2,14,15,17,20,21)/b6-4+,7-5+. The van der Waals surface area contributed by atoms with E-state index in [0.717, 1.165) is 4.90 Å². The van der Waals surface area contributed by atoms with Crippen molar-refractivity contribution in [1.29, 1.82) is 0 Å². The number of hydrogen-bond acceptors (Lipinski definition) is 5. The molecule has 0 spiro atoms. The Kier molecular flexibility index (Phi) is 3.81. The molecule has 2 rings (SSSR count). The number of nitrogens with zero attached hydrogens (tertiary/aromatic N) is 1.